The lowest BCUT2D eigenvalue weighted by Gasteiger charge is -2.23. The molecule has 1 aromatic rings. The van der Waals surface area contributed by atoms with E-state index in [0.717, 1.165) is 12.1 Å². The molecular weight excluding hydrogens is 340 g/mol. The highest BCUT2D eigenvalue weighted by Gasteiger charge is 2.22. The van der Waals surface area contributed by atoms with E-state index in [9.17, 15) is 13.6 Å². The molecule has 0 bridgehead atoms. The van der Waals surface area contributed by atoms with Gasteiger partial charge in [0, 0.05) is 16.9 Å². The van der Waals surface area contributed by atoms with Gasteiger partial charge in [0.15, 0.2) is 0 Å². The van der Waals surface area contributed by atoms with Gasteiger partial charge in [0.05, 0.1) is 0 Å². The Hall–Kier alpha value is -0.680. The van der Waals surface area contributed by atoms with Crippen LogP contribution in [0.3, 0.4) is 0 Å². The van der Waals surface area contributed by atoms with E-state index < -0.39 is 23.1 Å². The second kappa shape index (κ2) is 6.66. The van der Waals surface area contributed by atoms with Gasteiger partial charge in [0.2, 0.25) is 0 Å². The van der Waals surface area contributed by atoms with E-state index in [4.69, 9.17) is 11.6 Å². The Morgan fingerprint density at radius 1 is 1.37 bits per heavy atom. The minimum atomic E-state index is -0.889. The Morgan fingerprint density at radius 3 is 2.37 bits per heavy atom. The van der Waals surface area contributed by atoms with E-state index in [0.29, 0.717) is 18.8 Å². The molecule has 0 spiro atoms. The lowest BCUT2D eigenvalue weighted by molar-refractivity contribution is 0.0927. The smallest absolute Gasteiger partial charge is 0.257 e. The number of halogens is 4. The minimum absolute atomic E-state index is 0.222. The SMILES string of the molecule is CC(C)(CCCl)CNC(=O)c1c(F)cc(Br)cc1F. The van der Waals surface area contributed by atoms with Crippen molar-refractivity contribution < 1.29 is 13.6 Å². The van der Waals surface area contributed by atoms with Gasteiger partial charge in [-0.3, -0.25) is 4.79 Å². The van der Waals surface area contributed by atoms with Crippen LogP contribution in [0.5, 0.6) is 0 Å². The van der Waals surface area contributed by atoms with Crippen molar-refractivity contribution in [3.8, 4) is 0 Å². The first-order valence-electron chi connectivity index (χ1n) is 5.75. The summed E-state index contributed by atoms with van der Waals surface area (Å²) >= 11 is 8.61. The maximum absolute atomic E-state index is 13.6. The van der Waals surface area contributed by atoms with Gasteiger partial charge in [-0.05, 0) is 24.0 Å². The number of alkyl halides is 1. The molecule has 0 heterocycles. The molecule has 1 rings (SSSR count). The van der Waals surface area contributed by atoms with Gasteiger partial charge in [-0.25, -0.2) is 8.78 Å². The van der Waals surface area contributed by atoms with Gasteiger partial charge in [0.25, 0.3) is 5.91 Å². The van der Waals surface area contributed by atoms with Crippen LogP contribution in [0.25, 0.3) is 0 Å². The predicted octanol–water partition coefficient (Wildman–Crippen LogP) is 4.11. The zero-order chi connectivity index (χ0) is 14.6. The Morgan fingerprint density at radius 2 is 1.89 bits per heavy atom. The summed E-state index contributed by atoms with van der Waals surface area (Å²) in [6.45, 7) is 4.14. The van der Waals surface area contributed by atoms with Crippen molar-refractivity contribution >= 4 is 33.4 Å². The lowest BCUT2D eigenvalue weighted by Crippen LogP contribution is -2.35. The van der Waals surface area contributed by atoms with Gasteiger partial charge in [-0.1, -0.05) is 29.8 Å². The Labute approximate surface area is 124 Å². The number of hydrogen-bond acceptors (Lipinski definition) is 1. The monoisotopic (exact) mass is 353 g/mol. The molecule has 0 saturated carbocycles. The molecule has 0 unspecified atom stereocenters. The number of carbonyl (C=O) groups is 1. The average Bonchev–Trinajstić information content (AvgIpc) is 2.25. The van der Waals surface area contributed by atoms with Crippen LogP contribution >= 0.6 is 27.5 Å². The fourth-order valence-electron chi connectivity index (χ4n) is 1.51. The van der Waals surface area contributed by atoms with Crippen molar-refractivity contribution in [2.75, 3.05) is 12.4 Å². The van der Waals surface area contributed by atoms with Crippen LogP contribution in [0.2, 0.25) is 0 Å². The number of benzene rings is 1. The number of rotatable bonds is 5. The van der Waals surface area contributed by atoms with E-state index in [1.165, 1.54) is 0 Å². The highest BCUT2D eigenvalue weighted by atomic mass is 79.9. The maximum atomic E-state index is 13.6. The standard InChI is InChI=1S/C13H15BrClF2NO/c1-13(2,3-4-15)7-18-12(19)11-9(16)5-8(14)6-10(11)17/h5-6H,3-4,7H2,1-2H3,(H,18,19). The molecule has 1 aromatic carbocycles. The molecule has 19 heavy (non-hydrogen) atoms. The summed E-state index contributed by atoms with van der Waals surface area (Å²) in [6, 6.07) is 2.11. The van der Waals surface area contributed by atoms with Crippen molar-refractivity contribution in [1.82, 2.24) is 5.32 Å². The summed E-state index contributed by atoms with van der Waals surface area (Å²) < 4.78 is 27.4. The Kier molecular flexibility index (Phi) is 5.74. The third-order valence-electron chi connectivity index (χ3n) is 2.73. The summed E-state index contributed by atoms with van der Waals surface area (Å²) in [6.07, 6.45) is 0.695. The third-order valence-corrected chi connectivity index (χ3v) is 3.38. The number of carbonyl (C=O) groups excluding carboxylic acids is 1. The second-order valence-corrected chi connectivity index (χ2v) is 6.32. The fourth-order valence-corrected chi connectivity index (χ4v) is 2.42. The average molecular weight is 355 g/mol. The molecule has 0 fully saturated rings. The highest BCUT2D eigenvalue weighted by Crippen LogP contribution is 2.22. The number of hydrogen-bond donors (Lipinski definition) is 1. The first-order chi connectivity index (χ1) is 8.76. The zero-order valence-corrected chi connectivity index (χ0v) is 13.0. The van der Waals surface area contributed by atoms with Crippen LogP contribution in [-0.4, -0.2) is 18.3 Å². The molecule has 0 aromatic heterocycles. The molecule has 0 radical (unpaired) electrons. The third kappa shape index (κ3) is 4.73. The summed E-state index contributed by atoms with van der Waals surface area (Å²) in [7, 11) is 0. The van der Waals surface area contributed by atoms with E-state index >= 15 is 0 Å². The van der Waals surface area contributed by atoms with Crippen LogP contribution in [-0.2, 0) is 0 Å². The molecule has 0 saturated heterocycles. The van der Waals surface area contributed by atoms with Crippen LogP contribution < -0.4 is 5.32 Å². The summed E-state index contributed by atoms with van der Waals surface area (Å²) in [4.78, 5) is 11.8. The molecule has 106 valence electrons. The molecule has 1 amide bonds. The van der Waals surface area contributed by atoms with Crippen molar-refractivity contribution in [2.45, 2.75) is 20.3 Å². The lowest BCUT2D eigenvalue weighted by atomic mass is 9.90. The Bertz CT molecular complexity index is 457. The van der Waals surface area contributed by atoms with Crippen molar-refractivity contribution in [2.24, 2.45) is 5.41 Å². The van der Waals surface area contributed by atoms with Gasteiger partial charge in [-0.2, -0.15) is 0 Å². The molecule has 0 aliphatic carbocycles. The molecule has 6 heteroatoms. The quantitative estimate of drug-likeness (QED) is 0.792. The van der Waals surface area contributed by atoms with Crippen LogP contribution in [0.1, 0.15) is 30.6 Å². The highest BCUT2D eigenvalue weighted by molar-refractivity contribution is 9.10. The number of nitrogens with one attached hydrogen (secondary N) is 1. The largest absolute Gasteiger partial charge is 0.351 e. The minimum Gasteiger partial charge on any atom is -0.351 e. The second-order valence-electron chi connectivity index (χ2n) is 5.03. The van der Waals surface area contributed by atoms with Crippen LogP contribution in [0.15, 0.2) is 16.6 Å². The van der Waals surface area contributed by atoms with Crippen LogP contribution in [0.4, 0.5) is 8.78 Å². The predicted molar refractivity (Wildman–Crippen MR) is 75.5 cm³/mol. The van der Waals surface area contributed by atoms with Crippen molar-refractivity contribution in [1.29, 1.82) is 0 Å². The zero-order valence-electron chi connectivity index (χ0n) is 10.7. The molecule has 0 atom stereocenters. The van der Waals surface area contributed by atoms with Gasteiger partial charge < -0.3 is 5.32 Å². The first-order valence-corrected chi connectivity index (χ1v) is 7.08. The van der Waals surface area contributed by atoms with E-state index in [-0.39, 0.29) is 9.89 Å². The Balaban J connectivity index is 2.80. The van der Waals surface area contributed by atoms with Crippen molar-refractivity contribution in [3.05, 3.63) is 33.8 Å². The maximum Gasteiger partial charge on any atom is 0.257 e. The van der Waals surface area contributed by atoms with E-state index in [2.05, 4.69) is 21.2 Å². The summed E-state index contributed by atoms with van der Waals surface area (Å²) in [5.41, 5.74) is -0.787. The number of amides is 1. The van der Waals surface area contributed by atoms with Crippen LogP contribution in [0, 0.1) is 17.0 Å². The molecule has 0 aliphatic heterocycles. The first kappa shape index (κ1) is 16.4. The molecular formula is C13H15BrClF2NO. The van der Waals surface area contributed by atoms with Gasteiger partial charge >= 0.3 is 0 Å². The fraction of sp³-hybridized carbons (Fsp3) is 0.462. The topological polar surface area (TPSA) is 29.1 Å². The van der Waals surface area contributed by atoms with E-state index in [1.807, 2.05) is 13.8 Å². The molecule has 1 N–H and O–H groups in total. The summed E-state index contributed by atoms with van der Waals surface area (Å²) in [5, 5.41) is 2.53. The molecule has 2 nitrogen and oxygen atoms in total. The molecule has 0 aliphatic rings. The van der Waals surface area contributed by atoms with E-state index in [1.54, 1.807) is 0 Å². The summed E-state index contributed by atoms with van der Waals surface area (Å²) in [5.74, 6) is -2.08. The van der Waals surface area contributed by atoms with Gasteiger partial charge in [-0.15, -0.1) is 11.6 Å². The van der Waals surface area contributed by atoms with Gasteiger partial charge in [0.1, 0.15) is 17.2 Å². The normalized spacial score (nSPS) is 11.5. The van der Waals surface area contributed by atoms with Crippen molar-refractivity contribution in [3.63, 3.8) is 0 Å².